The molecule has 0 heterocycles. The Bertz CT molecular complexity index is 1170. The first kappa shape index (κ1) is 35.4. The van der Waals surface area contributed by atoms with E-state index >= 15 is 0 Å². The predicted molar refractivity (Wildman–Crippen MR) is 165 cm³/mol. The number of hydrogen-bond donors (Lipinski definition) is 1. The molecule has 0 aliphatic rings. The summed E-state index contributed by atoms with van der Waals surface area (Å²) >= 11 is 0. The molecule has 7 heteroatoms. The van der Waals surface area contributed by atoms with Crippen molar-refractivity contribution in [1.29, 1.82) is 0 Å². The zero-order valence-electron chi connectivity index (χ0n) is 26.0. The third kappa shape index (κ3) is 13.5. The van der Waals surface area contributed by atoms with E-state index in [1.54, 1.807) is 28.1 Å². The largest absolute Gasteiger partial charge is 0.493 e. The number of unbranched alkanes of at least 4 members (excludes halogenated alkanes) is 2. The summed E-state index contributed by atoms with van der Waals surface area (Å²) in [5.74, 6) is 15.5. The molecule has 0 radical (unpaired) electrons. The summed E-state index contributed by atoms with van der Waals surface area (Å²) in [6.07, 6.45) is 5.60. The third-order valence-corrected chi connectivity index (χ3v) is 5.55. The van der Waals surface area contributed by atoms with Gasteiger partial charge >= 0.3 is 0 Å². The summed E-state index contributed by atoms with van der Waals surface area (Å²) in [6.45, 7) is 12.9. The van der Waals surface area contributed by atoms with Crippen molar-refractivity contribution >= 4 is 6.21 Å². The maximum atomic E-state index is 6.11. The summed E-state index contributed by atoms with van der Waals surface area (Å²) < 4.78 is 34.5. The van der Waals surface area contributed by atoms with Gasteiger partial charge in [0.15, 0.2) is 0 Å². The van der Waals surface area contributed by atoms with Crippen molar-refractivity contribution in [3.63, 3.8) is 0 Å². The van der Waals surface area contributed by atoms with Gasteiger partial charge in [-0.05, 0) is 44.4 Å². The quantitative estimate of drug-likeness (QED) is 0.175. The van der Waals surface area contributed by atoms with Crippen molar-refractivity contribution in [3.8, 4) is 46.7 Å². The molecule has 0 bridgehead atoms. The molecular weight excluding hydrogens is 518 g/mol. The molecule has 0 atom stereocenters. The monoisotopic (exact) mass is 566 g/mol. The highest BCUT2D eigenvalue weighted by Crippen LogP contribution is 2.31. The summed E-state index contributed by atoms with van der Waals surface area (Å²) in [6, 6.07) is 7.72. The van der Waals surface area contributed by atoms with Crippen LogP contribution >= 0.6 is 0 Å². The minimum atomic E-state index is 0.388. The lowest BCUT2D eigenvalue weighted by atomic mass is 10.1. The molecule has 0 saturated heterocycles. The maximum absolute atomic E-state index is 6.11. The fraction of sp³-hybridized carbons (Fsp3) is 0.500. The molecule has 2 aromatic rings. The van der Waals surface area contributed by atoms with Crippen molar-refractivity contribution in [2.75, 3.05) is 53.9 Å². The van der Waals surface area contributed by atoms with Crippen LogP contribution in [0.15, 0.2) is 24.3 Å². The lowest BCUT2D eigenvalue weighted by Gasteiger charge is -2.14. The van der Waals surface area contributed by atoms with Crippen LogP contribution in [-0.4, -0.2) is 60.1 Å². The minimum Gasteiger partial charge on any atom is -0.493 e. The molecule has 0 aliphatic heterocycles. The average molecular weight is 567 g/mol. The van der Waals surface area contributed by atoms with E-state index in [0.29, 0.717) is 56.7 Å². The van der Waals surface area contributed by atoms with Gasteiger partial charge in [0.05, 0.1) is 43.1 Å². The Morgan fingerprint density at radius 2 is 1.02 bits per heavy atom. The number of nitrogens with two attached hydrogens (primary N) is 1. The highest BCUT2D eigenvalue weighted by atomic mass is 16.5. The van der Waals surface area contributed by atoms with Crippen molar-refractivity contribution in [1.82, 2.24) is 0 Å². The fourth-order valence-electron chi connectivity index (χ4n) is 3.42. The molecule has 0 saturated carbocycles. The van der Waals surface area contributed by atoms with Gasteiger partial charge in [-0.25, -0.2) is 0 Å². The first-order chi connectivity index (χ1) is 20.0. The van der Waals surface area contributed by atoms with Gasteiger partial charge in [0.2, 0.25) is 0 Å². The zero-order valence-corrected chi connectivity index (χ0v) is 26.0. The second-order valence-corrected chi connectivity index (χ2v) is 9.00. The van der Waals surface area contributed by atoms with E-state index in [0.717, 1.165) is 53.9 Å². The number of methoxy groups -OCH3 is 2. The molecular formula is C34H48NO6+. The summed E-state index contributed by atoms with van der Waals surface area (Å²) in [4.78, 5) is 0. The van der Waals surface area contributed by atoms with Crippen LogP contribution in [0.2, 0.25) is 0 Å². The van der Waals surface area contributed by atoms with Crippen LogP contribution in [0.25, 0.3) is 0 Å². The van der Waals surface area contributed by atoms with E-state index in [1.165, 1.54) is 6.21 Å². The molecule has 41 heavy (non-hydrogen) atoms. The van der Waals surface area contributed by atoms with Crippen LogP contribution in [0.4, 0.5) is 0 Å². The summed E-state index contributed by atoms with van der Waals surface area (Å²) in [5, 5.41) is 4.72. The fourth-order valence-corrected chi connectivity index (χ4v) is 3.42. The lowest BCUT2D eigenvalue weighted by molar-refractivity contribution is -0.106. The average Bonchev–Trinajstić information content (AvgIpc) is 2.96. The van der Waals surface area contributed by atoms with Crippen molar-refractivity contribution in [3.05, 3.63) is 46.5 Å². The molecule has 2 aromatic carbocycles. The number of hydrogen-bond acceptors (Lipinski definition) is 6. The minimum absolute atomic E-state index is 0.388. The maximum Gasteiger partial charge on any atom is 0.136 e. The van der Waals surface area contributed by atoms with Crippen LogP contribution < -0.4 is 24.4 Å². The van der Waals surface area contributed by atoms with Gasteiger partial charge in [-0.15, -0.1) is 5.92 Å². The molecule has 0 amide bonds. The van der Waals surface area contributed by atoms with Gasteiger partial charge in [-0.1, -0.05) is 44.5 Å². The van der Waals surface area contributed by atoms with Crippen LogP contribution in [0.3, 0.4) is 0 Å². The Morgan fingerprint density at radius 1 is 0.634 bits per heavy atom. The SMILES string of the molecule is CC#Cc1cc(OCCOC)c(C#Cc2cc(OCCCC)c(C)cc2OCCCC)cc1OCCOC.CC=[NH2+]. The van der Waals surface area contributed by atoms with Crippen molar-refractivity contribution < 1.29 is 33.8 Å². The van der Waals surface area contributed by atoms with Crippen LogP contribution in [0.1, 0.15) is 75.6 Å². The Kier molecular flexibility index (Phi) is 19.1. The highest BCUT2D eigenvalue weighted by molar-refractivity contribution is 5.61. The molecule has 0 spiro atoms. The van der Waals surface area contributed by atoms with E-state index in [1.807, 2.05) is 31.2 Å². The summed E-state index contributed by atoms with van der Waals surface area (Å²) in [7, 11) is 3.28. The van der Waals surface area contributed by atoms with Crippen LogP contribution in [0, 0.1) is 30.6 Å². The first-order valence-electron chi connectivity index (χ1n) is 14.2. The van der Waals surface area contributed by atoms with Crippen molar-refractivity contribution in [2.24, 2.45) is 0 Å². The standard InChI is InChI=1S/C32H42O6.C2H5N/c1-7-10-15-35-29-22-27(30(21-25(29)4)36-16-11-8-2)13-14-28-24-31(37-19-17-33-5)26(12-9-3)23-32(28)38-20-18-34-6;1-2-3/h21-24H,7-8,10-11,15-20H2,1-6H3;2-3H,1H3/p+1. The Hall–Kier alpha value is -3.65. The molecule has 7 nitrogen and oxygen atoms in total. The highest BCUT2D eigenvalue weighted by Gasteiger charge is 2.12. The Morgan fingerprint density at radius 3 is 1.46 bits per heavy atom. The lowest BCUT2D eigenvalue weighted by Crippen LogP contribution is -2.27. The normalized spacial score (nSPS) is 9.73. The number of benzene rings is 2. The van der Waals surface area contributed by atoms with E-state index in [2.05, 4.69) is 37.5 Å². The molecule has 224 valence electrons. The Labute approximate surface area is 247 Å². The van der Waals surface area contributed by atoms with Crippen LogP contribution in [-0.2, 0) is 9.47 Å². The molecule has 0 unspecified atom stereocenters. The predicted octanol–water partition coefficient (Wildman–Crippen LogP) is 5.01. The van der Waals surface area contributed by atoms with Crippen LogP contribution in [0.5, 0.6) is 23.0 Å². The van der Waals surface area contributed by atoms with Gasteiger partial charge in [0.25, 0.3) is 0 Å². The van der Waals surface area contributed by atoms with E-state index in [4.69, 9.17) is 33.8 Å². The second-order valence-electron chi connectivity index (χ2n) is 9.00. The van der Waals surface area contributed by atoms with E-state index in [9.17, 15) is 0 Å². The molecule has 2 N–H and O–H groups in total. The topological polar surface area (TPSA) is 81.0 Å². The molecule has 2 rings (SSSR count). The van der Waals surface area contributed by atoms with Gasteiger partial charge in [0.1, 0.15) is 42.4 Å². The van der Waals surface area contributed by atoms with E-state index in [-0.39, 0.29) is 0 Å². The molecule has 0 aliphatic carbocycles. The number of ether oxygens (including phenoxy) is 6. The second kappa shape index (κ2) is 22.1. The first-order valence-corrected chi connectivity index (χ1v) is 14.2. The van der Waals surface area contributed by atoms with Gasteiger partial charge in [-0.3, -0.25) is 5.41 Å². The Balaban J connectivity index is 0.00000268. The molecule has 0 aromatic heterocycles. The third-order valence-electron chi connectivity index (χ3n) is 5.55. The van der Waals surface area contributed by atoms with Gasteiger partial charge in [0, 0.05) is 33.3 Å². The molecule has 0 fully saturated rings. The van der Waals surface area contributed by atoms with Crippen molar-refractivity contribution in [2.45, 2.75) is 60.3 Å². The summed E-state index contributed by atoms with van der Waals surface area (Å²) in [5.41, 5.74) is 3.20. The smallest absolute Gasteiger partial charge is 0.136 e. The number of aryl methyl sites for hydroxylation is 1. The van der Waals surface area contributed by atoms with Gasteiger partial charge < -0.3 is 28.4 Å². The number of rotatable bonds is 16. The zero-order chi connectivity index (χ0) is 30.3. The van der Waals surface area contributed by atoms with Gasteiger partial charge in [-0.2, -0.15) is 0 Å². The van der Waals surface area contributed by atoms with E-state index < -0.39 is 0 Å².